The quantitative estimate of drug-likeness (QED) is 0.709. The lowest BCUT2D eigenvalue weighted by atomic mass is 9.87. The molecule has 1 unspecified atom stereocenters. The molecule has 5 nitrogen and oxygen atoms in total. The third-order valence-corrected chi connectivity index (χ3v) is 5.38. The molecule has 1 aliphatic heterocycles. The highest BCUT2D eigenvalue weighted by molar-refractivity contribution is 9.10. The molecule has 1 aliphatic rings. The predicted molar refractivity (Wildman–Crippen MR) is 102 cm³/mol. The second kappa shape index (κ2) is 7.00. The standard InChI is InChI=1S/C20H22BrNO4/c1-4-5-8-22-16-7-6-14(21)9-15(16)20(25,19(22)24)10-17(23)18-12(2)11-26-13(18)3/h6-7,9,11,25H,4-5,8,10H2,1-3H3. The zero-order valence-electron chi connectivity index (χ0n) is 15.1. The molecule has 0 radical (unpaired) electrons. The Morgan fingerprint density at radius 2 is 2.08 bits per heavy atom. The third kappa shape index (κ3) is 3.01. The lowest BCUT2D eigenvalue weighted by Gasteiger charge is -2.22. The summed E-state index contributed by atoms with van der Waals surface area (Å²) in [6.07, 6.45) is 2.96. The van der Waals surface area contributed by atoms with Crippen molar-refractivity contribution in [2.45, 2.75) is 45.6 Å². The van der Waals surface area contributed by atoms with Gasteiger partial charge in [0, 0.05) is 16.6 Å². The van der Waals surface area contributed by atoms with Crippen molar-refractivity contribution in [3.63, 3.8) is 0 Å². The molecule has 0 spiro atoms. The number of Topliss-reactive ketones (excluding diaryl/α,β-unsaturated/α-hetero) is 1. The Bertz CT molecular complexity index is 853. The van der Waals surface area contributed by atoms with E-state index in [0.29, 0.717) is 34.7 Å². The largest absolute Gasteiger partial charge is 0.469 e. The second-order valence-electron chi connectivity index (χ2n) is 6.78. The van der Waals surface area contributed by atoms with Crippen LogP contribution in [0.25, 0.3) is 0 Å². The van der Waals surface area contributed by atoms with E-state index >= 15 is 0 Å². The molecular weight excluding hydrogens is 398 g/mol. The molecule has 1 N–H and O–H groups in total. The Labute approximate surface area is 161 Å². The minimum atomic E-state index is -1.86. The number of carbonyl (C=O) groups excluding carboxylic acids is 2. The van der Waals surface area contributed by atoms with E-state index in [9.17, 15) is 14.7 Å². The molecule has 1 aromatic carbocycles. The smallest absolute Gasteiger partial charge is 0.264 e. The molecule has 0 saturated heterocycles. The van der Waals surface area contributed by atoms with Gasteiger partial charge in [0.05, 0.1) is 23.9 Å². The number of furan rings is 1. The van der Waals surface area contributed by atoms with Gasteiger partial charge in [-0.2, -0.15) is 0 Å². The first-order chi connectivity index (χ1) is 12.3. The number of hydrogen-bond acceptors (Lipinski definition) is 4. The number of fused-ring (bicyclic) bond motifs is 1. The van der Waals surface area contributed by atoms with Crippen LogP contribution in [0.5, 0.6) is 0 Å². The average molecular weight is 420 g/mol. The molecule has 0 fully saturated rings. The first kappa shape index (κ1) is 18.9. The van der Waals surface area contributed by atoms with Gasteiger partial charge in [-0.3, -0.25) is 9.59 Å². The van der Waals surface area contributed by atoms with Crippen molar-refractivity contribution in [3.05, 3.63) is 51.4 Å². The lowest BCUT2D eigenvalue weighted by molar-refractivity contribution is -0.135. The predicted octanol–water partition coefficient (Wildman–Crippen LogP) is 4.27. The van der Waals surface area contributed by atoms with Crippen LogP contribution in [-0.2, 0) is 10.4 Å². The van der Waals surface area contributed by atoms with Gasteiger partial charge < -0.3 is 14.4 Å². The van der Waals surface area contributed by atoms with Crippen molar-refractivity contribution in [1.29, 1.82) is 0 Å². The van der Waals surface area contributed by atoms with Gasteiger partial charge in [0.1, 0.15) is 5.76 Å². The summed E-state index contributed by atoms with van der Waals surface area (Å²) < 4.78 is 6.05. The summed E-state index contributed by atoms with van der Waals surface area (Å²) in [5.41, 5.74) is 0.427. The highest BCUT2D eigenvalue weighted by Crippen LogP contribution is 2.44. The van der Waals surface area contributed by atoms with Crippen LogP contribution in [0.1, 0.15) is 53.4 Å². The zero-order valence-corrected chi connectivity index (χ0v) is 16.7. The van der Waals surface area contributed by atoms with Gasteiger partial charge in [-0.05, 0) is 44.0 Å². The molecule has 26 heavy (non-hydrogen) atoms. The summed E-state index contributed by atoms with van der Waals surface area (Å²) in [6.45, 7) is 6.05. The van der Waals surface area contributed by atoms with Crippen LogP contribution in [0.4, 0.5) is 5.69 Å². The second-order valence-corrected chi connectivity index (χ2v) is 7.70. The third-order valence-electron chi connectivity index (χ3n) is 4.88. The molecule has 6 heteroatoms. The van der Waals surface area contributed by atoms with Crippen LogP contribution in [0.2, 0.25) is 0 Å². The van der Waals surface area contributed by atoms with E-state index in [1.165, 1.54) is 6.26 Å². The average Bonchev–Trinajstić information content (AvgIpc) is 3.02. The summed E-state index contributed by atoms with van der Waals surface area (Å²) >= 11 is 3.40. The molecule has 3 rings (SSSR count). The van der Waals surface area contributed by atoms with E-state index in [4.69, 9.17) is 4.42 Å². The van der Waals surface area contributed by atoms with Gasteiger partial charge in [-0.1, -0.05) is 29.3 Å². The molecular formula is C20H22BrNO4. The molecule has 1 aromatic heterocycles. The Morgan fingerprint density at radius 3 is 2.69 bits per heavy atom. The maximum absolute atomic E-state index is 13.1. The number of unbranched alkanes of at least 4 members (excludes halogenated alkanes) is 1. The van der Waals surface area contributed by atoms with E-state index in [-0.39, 0.29) is 12.2 Å². The normalized spacial score (nSPS) is 19.1. The van der Waals surface area contributed by atoms with E-state index < -0.39 is 11.5 Å². The van der Waals surface area contributed by atoms with Gasteiger partial charge in [0.15, 0.2) is 11.4 Å². The summed E-state index contributed by atoms with van der Waals surface area (Å²) in [4.78, 5) is 27.5. The van der Waals surface area contributed by atoms with Gasteiger partial charge >= 0.3 is 0 Å². The van der Waals surface area contributed by atoms with E-state index in [0.717, 1.165) is 17.3 Å². The molecule has 0 bridgehead atoms. The van der Waals surface area contributed by atoms with Crippen molar-refractivity contribution < 1.29 is 19.1 Å². The summed E-state index contributed by atoms with van der Waals surface area (Å²) in [5.74, 6) is -0.238. The maximum atomic E-state index is 13.1. The van der Waals surface area contributed by atoms with E-state index in [1.54, 1.807) is 24.8 Å². The molecule has 2 aromatic rings. The molecule has 1 amide bonds. The number of ketones is 1. The zero-order chi connectivity index (χ0) is 19.1. The fourth-order valence-corrected chi connectivity index (χ4v) is 3.90. The maximum Gasteiger partial charge on any atom is 0.264 e. The SMILES string of the molecule is CCCCN1C(=O)C(O)(CC(=O)c2c(C)coc2C)c2cc(Br)ccc21. The van der Waals surface area contributed by atoms with Crippen molar-refractivity contribution in [3.8, 4) is 0 Å². The van der Waals surface area contributed by atoms with Crippen LogP contribution in [0.3, 0.4) is 0 Å². The number of aryl methyl sites for hydroxylation is 2. The van der Waals surface area contributed by atoms with Gasteiger partial charge in [0.25, 0.3) is 5.91 Å². The Hall–Kier alpha value is -1.92. The minimum absolute atomic E-state index is 0.298. The number of carbonyl (C=O) groups is 2. The van der Waals surface area contributed by atoms with Crippen molar-refractivity contribution in [2.75, 3.05) is 11.4 Å². The summed E-state index contributed by atoms with van der Waals surface area (Å²) in [6, 6.07) is 5.37. The monoisotopic (exact) mass is 419 g/mol. The molecule has 0 saturated carbocycles. The van der Waals surface area contributed by atoms with Crippen LogP contribution >= 0.6 is 15.9 Å². The number of benzene rings is 1. The Balaban J connectivity index is 2.01. The van der Waals surface area contributed by atoms with Gasteiger partial charge in [-0.25, -0.2) is 0 Å². The topological polar surface area (TPSA) is 70.8 Å². The fourth-order valence-electron chi connectivity index (χ4n) is 3.54. The van der Waals surface area contributed by atoms with E-state index in [1.807, 2.05) is 19.1 Å². The summed E-state index contributed by atoms with van der Waals surface area (Å²) in [7, 11) is 0. The van der Waals surface area contributed by atoms with Crippen LogP contribution < -0.4 is 4.90 Å². The highest BCUT2D eigenvalue weighted by atomic mass is 79.9. The lowest BCUT2D eigenvalue weighted by Crippen LogP contribution is -2.42. The molecule has 0 aliphatic carbocycles. The first-order valence-corrected chi connectivity index (χ1v) is 9.51. The Morgan fingerprint density at radius 1 is 1.35 bits per heavy atom. The van der Waals surface area contributed by atoms with Crippen LogP contribution in [0, 0.1) is 13.8 Å². The van der Waals surface area contributed by atoms with Crippen LogP contribution in [-0.4, -0.2) is 23.3 Å². The van der Waals surface area contributed by atoms with Crippen molar-refractivity contribution in [2.24, 2.45) is 0 Å². The number of nitrogens with zero attached hydrogens (tertiary/aromatic N) is 1. The highest BCUT2D eigenvalue weighted by Gasteiger charge is 2.51. The van der Waals surface area contributed by atoms with Crippen molar-refractivity contribution >= 4 is 33.3 Å². The summed E-state index contributed by atoms with van der Waals surface area (Å²) in [5, 5.41) is 11.3. The molecule has 1 atom stereocenters. The number of anilines is 1. The number of halogens is 1. The van der Waals surface area contributed by atoms with Gasteiger partial charge in [0.2, 0.25) is 0 Å². The van der Waals surface area contributed by atoms with E-state index in [2.05, 4.69) is 15.9 Å². The number of rotatable bonds is 6. The molecule has 2 heterocycles. The van der Waals surface area contributed by atoms with Crippen molar-refractivity contribution in [1.82, 2.24) is 0 Å². The van der Waals surface area contributed by atoms with Gasteiger partial charge in [-0.15, -0.1) is 0 Å². The number of amides is 1. The first-order valence-electron chi connectivity index (χ1n) is 8.72. The van der Waals surface area contributed by atoms with Crippen LogP contribution in [0.15, 0.2) is 33.4 Å². The number of aliphatic hydroxyl groups is 1. The Kier molecular flexibility index (Phi) is 5.08. The molecule has 138 valence electrons. The fraction of sp³-hybridized carbons (Fsp3) is 0.400. The minimum Gasteiger partial charge on any atom is -0.469 e. The number of hydrogen-bond donors (Lipinski definition) is 1.